The van der Waals surface area contributed by atoms with Crippen molar-refractivity contribution in [2.75, 3.05) is 6.61 Å². The zero-order valence-electron chi connectivity index (χ0n) is 11.5. The molecule has 0 heterocycles. The van der Waals surface area contributed by atoms with E-state index in [0.717, 1.165) is 17.5 Å². The third kappa shape index (κ3) is 3.65. The molecule has 96 valence electrons. The second-order valence-corrected chi connectivity index (χ2v) is 4.70. The minimum absolute atomic E-state index is 0.265. The molecule has 1 aromatic carbocycles. The quantitative estimate of drug-likeness (QED) is 0.747. The van der Waals surface area contributed by atoms with Crippen LogP contribution in [0.2, 0.25) is 0 Å². The van der Waals surface area contributed by atoms with E-state index in [1.807, 2.05) is 13.8 Å². The molecule has 0 radical (unpaired) electrons. The molecule has 2 heteroatoms. The van der Waals surface area contributed by atoms with Gasteiger partial charge in [-0.25, -0.2) is 0 Å². The average molecular weight is 236 g/mol. The highest BCUT2D eigenvalue weighted by molar-refractivity contribution is 5.52. The van der Waals surface area contributed by atoms with E-state index in [0.29, 0.717) is 12.4 Å². The molecule has 1 aromatic rings. The van der Waals surface area contributed by atoms with Crippen LogP contribution in [0.5, 0.6) is 11.5 Å². The first-order chi connectivity index (χ1) is 8.07. The van der Waals surface area contributed by atoms with E-state index in [1.165, 1.54) is 24.8 Å². The van der Waals surface area contributed by atoms with Gasteiger partial charge in [0.05, 0.1) is 6.61 Å². The van der Waals surface area contributed by atoms with Gasteiger partial charge in [0.25, 0.3) is 0 Å². The monoisotopic (exact) mass is 236 g/mol. The van der Waals surface area contributed by atoms with Gasteiger partial charge < -0.3 is 9.84 Å². The summed E-state index contributed by atoms with van der Waals surface area (Å²) in [6.07, 6.45) is 4.73. The SMILES string of the molecule is CCCCCCOc1c(O)cc(C)c(C)c1C. The molecular formula is C15H24O2. The number of benzene rings is 1. The average Bonchev–Trinajstić information content (AvgIpc) is 2.30. The lowest BCUT2D eigenvalue weighted by Gasteiger charge is -2.14. The van der Waals surface area contributed by atoms with Crippen molar-refractivity contribution >= 4 is 0 Å². The first-order valence-electron chi connectivity index (χ1n) is 6.50. The summed E-state index contributed by atoms with van der Waals surface area (Å²) < 4.78 is 5.70. The van der Waals surface area contributed by atoms with Crippen molar-refractivity contribution in [3.8, 4) is 11.5 Å². The Kier molecular flexibility index (Phi) is 5.33. The first-order valence-corrected chi connectivity index (χ1v) is 6.50. The summed E-state index contributed by atoms with van der Waals surface area (Å²) in [6.45, 7) is 8.96. The summed E-state index contributed by atoms with van der Waals surface area (Å²) in [5, 5.41) is 9.87. The lowest BCUT2D eigenvalue weighted by atomic mass is 10.0. The number of unbranched alkanes of at least 4 members (excludes halogenated alkanes) is 3. The number of hydrogen-bond acceptors (Lipinski definition) is 2. The lowest BCUT2D eigenvalue weighted by Crippen LogP contribution is -2.01. The van der Waals surface area contributed by atoms with Crippen LogP contribution in [0.1, 0.15) is 49.3 Å². The van der Waals surface area contributed by atoms with Gasteiger partial charge in [0.2, 0.25) is 0 Å². The zero-order valence-corrected chi connectivity index (χ0v) is 11.5. The van der Waals surface area contributed by atoms with Crippen LogP contribution in [0, 0.1) is 20.8 Å². The number of aromatic hydroxyl groups is 1. The molecule has 0 aliphatic heterocycles. The Hall–Kier alpha value is -1.18. The van der Waals surface area contributed by atoms with Gasteiger partial charge in [-0.1, -0.05) is 26.2 Å². The van der Waals surface area contributed by atoms with E-state index in [2.05, 4.69) is 13.8 Å². The van der Waals surface area contributed by atoms with Gasteiger partial charge in [-0.15, -0.1) is 0 Å². The number of phenolic OH excluding ortho intramolecular Hbond substituents is 1. The van der Waals surface area contributed by atoms with Gasteiger partial charge >= 0.3 is 0 Å². The van der Waals surface area contributed by atoms with Crippen molar-refractivity contribution in [3.05, 3.63) is 22.8 Å². The molecule has 0 unspecified atom stereocenters. The summed E-state index contributed by atoms with van der Waals surface area (Å²) >= 11 is 0. The zero-order chi connectivity index (χ0) is 12.8. The predicted molar refractivity (Wildman–Crippen MR) is 72.0 cm³/mol. The maximum absolute atomic E-state index is 9.87. The molecule has 0 amide bonds. The van der Waals surface area contributed by atoms with Crippen LogP contribution in [-0.4, -0.2) is 11.7 Å². The molecule has 0 atom stereocenters. The number of aryl methyl sites for hydroxylation is 1. The van der Waals surface area contributed by atoms with Gasteiger partial charge in [-0.2, -0.15) is 0 Å². The minimum atomic E-state index is 0.265. The Morgan fingerprint density at radius 2 is 1.76 bits per heavy atom. The Labute approximate surface area is 105 Å². The normalized spacial score (nSPS) is 10.6. The van der Waals surface area contributed by atoms with Gasteiger partial charge in [0.15, 0.2) is 11.5 Å². The van der Waals surface area contributed by atoms with Gasteiger partial charge in [-0.05, 0) is 49.9 Å². The minimum Gasteiger partial charge on any atom is -0.504 e. The molecule has 0 spiro atoms. The smallest absolute Gasteiger partial charge is 0.164 e. The third-order valence-corrected chi connectivity index (χ3v) is 3.32. The highest BCUT2D eigenvalue weighted by Crippen LogP contribution is 2.34. The van der Waals surface area contributed by atoms with E-state index >= 15 is 0 Å². The third-order valence-electron chi connectivity index (χ3n) is 3.32. The van der Waals surface area contributed by atoms with Crippen LogP contribution in [0.4, 0.5) is 0 Å². The molecule has 0 aliphatic carbocycles. The van der Waals surface area contributed by atoms with Gasteiger partial charge in [0.1, 0.15) is 0 Å². The molecule has 2 nitrogen and oxygen atoms in total. The summed E-state index contributed by atoms with van der Waals surface area (Å²) in [7, 11) is 0. The topological polar surface area (TPSA) is 29.5 Å². The molecule has 17 heavy (non-hydrogen) atoms. The Balaban J connectivity index is 2.62. The Morgan fingerprint density at radius 1 is 1.06 bits per heavy atom. The first kappa shape index (κ1) is 13.9. The predicted octanol–water partition coefficient (Wildman–Crippen LogP) is 4.28. The van der Waals surface area contributed by atoms with E-state index in [-0.39, 0.29) is 5.75 Å². The van der Waals surface area contributed by atoms with Crippen LogP contribution in [-0.2, 0) is 0 Å². The van der Waals surface area contributed by atoms with Crippen molar-refractivity contribution in [1.29, 1.82) is 0 Å². The fraction of sp³-hybridized carbons (Fsp3) is 0.600. The molecule has 0 aromatic heterocycles. The highest BCUT2D eigenvalue weighted by Gasteiger charge is 2.10. The molecule has 1 rings (SSSR count). The number of ether oxygens (including phenoxy) is 1. The van der Waals surface area contributed by atoms with E-state index in [9.17, 15) is 5.11 Å². The summed E-state index contributed by atoms with van der Waals surface area (Å²) in [4.78, 5) is 0. The fourth-order valence-electron chi connectivity index (χ4n) is 1.92. The number of rotatable bonds is 6. The van der Waals surface area contributed by atoms with Gasteiger partial charge in [0, 0.05) is 0 Å². The standard InChI is InChI=1S/C15H24O2/c1-5-6-7-8-9-17-15-13(4)12(3)11(2)10-14(15)16/h10,16H,5-9H2,1-4H3. The van der Waals surface area contributed by atoms with E-state index in [4.69, 9.17) is 4.74 Å². The molecule has 0 aliphatic rings. The number of phenols is 1. The van der Waals surface area contributed by atoms with Crippen LogP contribution < -0.4 is 4.74 Å². The van der Waals surface area contributed by atoms with Crippen LogP contribution in [0.15, 0.2) is 6.07 Å². The van der Waals surface area contributed by atoms with Crippen molar-refractivity contribution in [2.45, 2.75) is 53.4 Å². The molecule has 0 bridgehead atoms. The van der Waals surface area contributed by atoms with Crippen LogP contribution in [0.25, 0.3) is 0 Å². The molecular weight excluding hydrogens is 212 g/mol. The van der Waals surface area contributed by atoms with Crippen LogP contribution >= 0.6 is 0 Å². The Bertz CT molecular complexity index is 370. The van der Waals surface area contributed by atoms with Crippen molar-refractivity contribution in [2.24, 2.45) is 0 Å². The molecule has 0 fully saturated rings. The van der Waals surface area contributed by atoms with E-state index < -0.39 is 0 Å². The lowest BCUT2D eigenvalue weighted by molar-refractivity contribution is 0.287. The number of hydrogen-bond donors (Lipinski definition) is 1. The second-order valence-electron chi connectivity index (χ2n) is 4.70. The van der Waals surface area contributed by atoms with E-state index in [1.54, 1.807) is 6.07 Å². The van der Waals surface area contributed by atoms with Crippen molar-refractivity contribution in [3.63, 3.8) is 0 Å². The summed E-state index contributed by atoms with van der Waals surface area (Å²) in [5.74, 6) is 0.922. The second kappa shape index (κ2) is 6.53. The molecule has 0 saturated heterocycles. The Morgan fingerprint density at radius 3 is 2.41 bits per heavy atom. The maximum atomic E-state index is 9.87. The van der Waals surface area contributed by atoms with Crippen molar-refractivity contribution in [1.82, 2.24) is 0 Å². The van der Waals surface area contributed by atoms with Crippen LogP contribution in [0.3, 0.4) is 0 Å². The summed E-state index contributed by atoms with van der Waals surface area (Å²) in [6, 6.07) is 1.78. The molecule has 1 N–H and O–H groups in total. The van der Waals surface area contributed by atoms with Crippen molar-refractivity contribution < 1.29 is 9.84 Å². The largest absolute Gasteiger partial charge is 0.504 e. The fourth-order valence-corrected chi connectivity index (χ4v) is 1.92. The van der Waals surface area contributed by atoms with Gasteiger partial charge in [-0.3, -0.25) is 0 Å². The highest BCUT2D eigenvalue weighted by atomic mass is 16.5. The maximum Gasteiger partial charge on any atom is 0.164 e. The molecule has 0 saturated carbocycles. The summed E-state index contributed by atoms with van der Waals surface area (Å²) in [5.41, 5.74) is 3.36.